The lowest BCUT2D eigenvalue weighted by Gasteiger charge is -2.14. The summed E-state index contributed by atoms with van der Waals surface area (Å²) in [5.74, 6) is 0.0275. The van der Waals surface area contributed by atoms with Crippen LogP contribution in [0.3, 0.4) is 0 Å². The molecule has 0 saturated carbocycles. The average Bonchev–Trinajstić information content (AvgIpc) is 3.14. The van der Waals surface area contributed by atoms with E-state index in [0.29, 0.717) is 16.3 Å². The van der Waals surface area contributed by atoms with Crippen molar-refractivity contribution in [3.8, 4) is 0 Å². The van der Waals surface area contributed by atoms with Crippen molar-refractivity contribution in [3.05, 3.63) is 95.6 Å². The maximum absolute atomic E-state index is 13.4. The van der Waals surface area contributed by atoms with E-state index in [0.717, 1.165) is 22.0 Å². The van der Waals surface area contributed by atoms with E-state index in [1.807, 2.05) is 61.5 Å². The quantitative estimate of drug-likeness (QED) is 0.386. The van der Waals surface area contributed by atoms with Gasteiger partial charge in [-0.15, -0.1) is 0 Å². The molecule has 3 aromatic carbocycles. The van der Waals surface area contributed by atoms with E-state index in [9.17, 15) is 9.00 Å². The molecule has 4 rings (SSSR count). The molecule has 4 heteroatoms. The van der Waals surface area contributed by atoms with Crippen molar-refractivity contribution in [1.29, 1.82) is 0 Å². The van der Waals surface area contributed by atoms with Crippen LogP contribution in [0.4, 0.5) is 0 Å². The first-order valence-electron chi connectivity index (χ1n) is 10.1. The van der Waals surface area contributed by atoms with Crippen molar-refractivity contribution in [2.45, 2.75) is 43.0 Å². The second-order valence-electron chi connectivity index (χ2n) is 7.87. The van der Waals surface area contributed by atoms with Gasteiger partial charge < -0.3 is 0 Å². The number of hydrogen-bond acceptors (Lipinski definition) is 2. The third-order valence-electron chi connectivity index (χ3n) is 5.48. The Balaban J connectivity index is 1.72. The maximum Gasteiger partial charge on any atom is 0.232 e. The number of carbonyl (C=O) groups is 1. The summed E-state index contributed by atoms with van der Waals surface area (Å²) >= 11 is 0. The Morgan fingerprint density at radius 1 is 0.900 bits per heavy atom. The van der Waals surface area contributed by atoms with Crippen molar-refractivity contribution in [1.82, 2.24) is 4.57 Å². The molecular weight excluding hydrogens is 390 g/mol. The van der Waals surface area contributed by atoms with Crippen LogP contribution in [0.25, 0.3) is 10.9 Å². The smallest absolute Gasteiger partial charge is 0.232 e. The molecule has 0 saturated heterocycles. The maximum atomic E-state index is 13.4. The van der Waals surface area contributed by atoms with E-state index in [-0.39, 0.29) is 11.8 Å². The van der Waals surface area contributed by atoms with Crippen LogP contribution in [-0.4, -0.2) is 14.7 Å². The Morgan fingerprint density at radius 3 is 2.17 bits per heavy atom. The van der Waals surface area contributed by atoms with Crippen LogP contribution in [0.15, 0.2) is 88.8 Å². The van der Waals surface area contributed by atoms with Crippen molar-refractivity contribution >= 4 is 27.6 Å². The summed E-state index contributed by atoms with van der Waals surface area (Å²) in [5, 5.41) is 1.45. The molecule has 0 aliphatic rings. The lowest BCUT2D eigenvalue weighted by Crippen LogP contribution is -2.16. The SMILES string of the molecule is Cc1ccc([C@@H](C)CC(=O)n2c(S(=O)c3ccc(C)cc3)cc3ccccc32)cc1. The fourth-order valence-corrected chi connectivity index (χ4v) is 4.90. The third-order valence-corrected chi connectivity index (χ3v) is 6.86. The number of rotatable bonds is 5. The summed E-state index contributed by atoms with van der Waals surface area (Å²) < 4.78 is 15.0. The van der Waals surface area contributed by atoms with Gasteiger partial charge in [-0.2, -0.15) is 0 Å². The lowest BCUT2D eigenvalue weighted by molar-refractivity contribution is 0.0891. The van der Waals surface area contributed by atoms with Crippen LogP contribution in [-0.2, 0) is 10.8 Å². The molecule has 30 heavy (non-hydrogen) atoms. The van der Waals surface area contributed by atoms with Crippen molar-refractivity contribution < 1.29 is 9.00 Å². The normalized spacial score (nSPS) is 13.3. The standard InChI is InChI=1S/C26H25NO2S/c1-18-8-12-21(13-9-18)20(3)16-25(28)27-24-7-5-4-6-22(24)17-26(27)30(29)23-14-10-19(2)11-15-23/h4-15,17,20H,16H2,1-3H3/t20-,30?/m0/s1. The monoisotopic (exact) mass is 415 g/mol. The topological polar surface area (TPSA) is 39.1 Å². The second-order valence-corrected chi connectivity index (χ2v) is 9.30. The van der Waals surface area contributed by atoms with Crippen molar-refractivity contribution in [3.63, 3.8) is 0 Å². The highest BCUT2D eigenvalue weighted by molar-refractivity contribution is 7.85. The summed E-state index contributed by atoms with van der Waals surface area (Å²) in [6, 6.07) is 25.5. The van der Waals surface area contributed by atoms with Crippen molar-refractivity contribution in [2.24, 2.45) is 0 Å². The number of hydrogen-bond donors (Lipinski definition) is 0. The molecule has 152 valence electrons. The van der Waals surface area contributed by atoms with Gasteiger partial charge in [0.2, 0.25) is 5.91 Å². The molecule has 0 radical (unpaired) electrons. The summed E-state index contributed by atoms with van der Waals surface area (Å²) in [6.45, 7) is 6.11. The minimum atomic E-state index is -1.44. The van der Waals surface area contributed by atoms with E-state index in [2.05, 4.69) is 38.1 Å². The number of fused-ring (bicyclic) bond motifs is 1. The molecule has 1 aromatic heterocycles. The predicted molar refractivity (Wildman–Crippen MR) is 123 cm³/mol. The Labute approximate surface area is 179 Å². The summed E-state index contributed by atoms with van der Waals surface area (Å²) in [7, 11) is -1.44. The number of aromatic nitrogens is 1. The Kier molecular flexibility index (Phi) is 5.69. The fourth-order valence-electron chi connectivity index (χ4n) is 3.67. The summed E-state index contributed by atoms with van der Waals surface area (Å²) in [5.41, 5.74) is 4.24. The molecule has 0 amide bonds. The van der Waals surface area contributed by atoms with Crippen LogP contribution >= 0.6 is 0 Å². The van der Waals surface area contributed by atoms with Gasteiger partial charge in [0.15, 0.2) is 0 Å². The Hall–Kier alpha value is -2.98. The van der Waals surface area contributed by atoms with Gasteiger partial charge in [-0.05, 0) is 49.6 Å². The van der Waals surface area contributed by atoms with Crippen LogP contribution in [0, 0.1) is 13.8 Å². The predicted octanol–water partition coefficient (Wildman–Crippen LogP) is 6.26. The highest BCUT2D eigenvalue weighted by Crippen LogP contribution is 2.28. The van der Waals surface area contributed by atoms with E-state index >= 15 is 0 Å². The molecule has 0 aliphatic heterocycles. The number of carbonyl (C=O) groups excluding carboxylic acids is 1. The largest absolute Gasteiger partial charge is 0.274 e. The number of benzene rings is 3. The van der Waals surface area contributed by atoms with Crippen LogP contribution in [0.5, 0.6) is 0 Å². The van der Waals surface area contributed by atoms with Gasteiger partial charge >= 0.3 is 0 Å². The Bertz CT molecular complexity index is 1220. The van der Waals surface area contributed by atoms with Crippen LogP contribution < -0.4 is 0 Å². The fraction of sp³-hybridized carbons (Fsp3) is 0.192. The molecule has 1 heterocycles. The highest BCUT2D eigenvalue weighted by Gasteiger charge is 2.22. The summed E-state index contributed by atoms with van der Waals surface area (Å²) in [4.78, 5) is 14.1. The molecule has 4 aromatic rings. The zero-order valence-electron chi connectivity index (χ0n) is 17.5. The first-order chi connectivity index (χ1) is 14.4. The highest BCUT2D eigenvalue weighted by atomic mass is 32.2. The molecule has 2 atom stereocenters. The average molecular weight is 416 g/mol. The molecule has 3 nitrogen and oxygen atoms in total. The molecule has 0 spiro atoms. The van der Waals surface area contributed by atoms with Gasteiger partial charge in [0.25, 0.3) is 0 Å². The molecule has 0 bridgehead atoms. The van der Waals surface area contributed by atoms with E-state index < -0.39 is 10.8 Å². The summed E-state index contributed by atoms with van der Waals surface area (Å²) in [6.07, 6.45) is 0.347. The molecule has 0 aliphatic carbocycles. The third kappa shape index (κ3) is 4.01. The molecule has 1 unspecified atom stereocenters. The van der Waals surface area contributed by atoms with Gasteiger partial charge in [0.1, 0.15) is 15.8 Å². The van der Waals surface area contributed by atoms with Gasteiger partial charge in [-0.25, -0.2) is 4.21 Å². The first kappa shape index (κ1) is 20.3. The minimum absolute atomic E-state index is 0.0419. The van der Waals surface area contributed by atoms with E-state index in [1.165, 1.54) is 5.56 Å². The van der Waals surface area contributed by atoms with E-state index in [4.69, 9.17) is 0 Å². The first-order valence-corrected chi connectivity index (χ1v) is 11.3. The molecular formula is C26H25NO2S. The number of para-hydroxylation sites is 1. The van der Waals surface area contributed by atoms with Crippen molar-refractivity contribution in [2.75, 3.05) is 0 Å². The van der Waals surface area contributed by atoms with Crippen LogP contribution in [0.2, 0.25) is 0 Å². The number of nitrogens with zero attached hydrogens (tertiary/aromatic N) is 1. The molecule has 0 N–H and O–H groups in total. The van der Waals surface area contributed by atoms with Gasteiger partial charge in [-0.1, -0.05) is 72.6 Å². The van der Waals surface area contributed by atoms with Gasteiger partial charge in [0.05, 0.1) is 5.52 Å². The number of aryl methyl sites for hydroxylation is 2. The zero-order chi connectivity index (χ0) is 21.3. The molecule has 0 fully saturated rings. The van der Waals surface area contributed by atoms with Crippen LogP contribution in [0.1, 0.15) is 40.7 Å². The second kappa shape index (κ2) is 8.41. The lowest BCUT2D eigenvalue weighted by atomic mass is 9.96. The Morgan fingerprint density at radius 2 is 1.50 bits per heavy atom. The van der Waals surface area contributed by atoms with Gasteiger partial charge in [0, 0.05) is 16.7 Å². The minimum Gasteiger partial charge on any atom is -0.274 e. The van der Waals surface area contributed by atoms with Gasteiger partial charge in [-0.3, -0.25) is 9.36 Å². The zero-order valence-corrected chi connectivity index (χ0v) is 18.3. The van der Waals surface area contributed by atoms with E-state index in [1.54, 1.807) is 4.57 Å².